The van der Waals surface area contributed by atoms with E-state index in [0.717, 1.165) is 12.1 Å². The highest BCUT2D eigenvalue weighted by Crippen LogP contribution is 2.30. The number of hydrogen-bond donors (Lipinski definition) is 0. The van der Waals surface area contributed by atoms with Crippen molar-refractivity contribution in [2.75, 3.05) is 6.61 Å². The minimum absolute atomic E-state index is 0.0975. The molecule has 0 saturated carbocycles. The summed E-state index contributed by atoms with van der Waals surface area (Å²) < 4.78 is 67.7. The van der Waals surface area contributed by atoms with Crippen LogP contribution in [0.1, 0.15) is 22.8 Å². The lowest BCUT2D eigenvalue weighted by Gasteiger charge is -2.12. The summed E-state index contributed by atoms with van der Waals surface area (Å²) in [5.41, 5.74) is -5.29. The summed E-state index contributed by atoms with van der Waals surface area (Å²) in [6, 6.07) is 3.35. The molecule has 0 heterocycles. The zero-order chi connectivity index (χ0) is 16.3. The predicted molar refractivity (Wildman–Crippen MR) is 75.7 cm³/mol. The van der Waals surface area contributed by atoms with Gasteiger partial charge in [-0.2, -0.15) is 21.6 Å². The number of rotatable bonds is 5. The number of benzene rings is 1. The second kappa shape index (κ2) is 6.81. The van der Waals surface area contributed by atoms with Gasteiger partial charge in [-0.05, 0) is 25.1 Å². The molecular weight excluding hydrogens is 428 g/mol. The molecule has 0 saturated heterocycles. The van der Waals surface area contributed by atoms with Crippen LogP contribution < -0.4 is 4.18 Å². The Morgan fingerprint density at radius 2 is 1.95 bits per heavy atom. The van der Waals surface area contributed by atoms with E-state index >= 15 is 0 Å². The normalized spacial score (nSPS) is 12.0. The van der Waals surface area contributed by atoms with Crippen molar-refractivity contribution in [1.82, 2.24) is 0 Å². The summed E-state index contributed by atoms with van der Waals surface area (Å²) in [6.07, 6.45) is 0. The maximum absolute atomic E-state index is 12.3. The van der Waals surface area contributed by atoms with Crippen molar-refractivity contribution >= 4 is 38.7 Å². The van der Waals surface area contributed by atoms with Gasteiger partial charge in [0.05, 0.1) is 12.2 Å². The van der Waals surface area contributed by atoms with E-state index in [2.05, 4.69) is 4.18 Å². The molecule has 0 aromatic heterocycles. The molecule has 1 rings (SSSR count). The average molecular weight is 438 g/mol. The SMILES string of the molecule is CCOC(=O)c1ccc(OS(=O)(=O)C(F)(F)F)c(CI)c1. The summed E-state index contributed by atoms with van der Waals surface area (Å²) >= 11 is 1.80. The number of alkyl halides is 4. The Morgan fingerprint density at radius 3 is 2.43 bits per heavy atom. The quantitative estimate of drug-likeness (QED) is 0.233. The van der Waals surface area contributed by atoms with Crippen LogP contribution in [0.4, 0.5) is 13.2 Å². The first-order chi connectivity index (χ1) is 9.62. The number of halogens is 4. The second-order valence-electron chi connectivity index (χ2n) is 3.66. The molecule has 0 aliphatic carbocycles. The van der Waals surface area contributed by atoms with Gasteiger partial charge in [-0.3, -0.25) is 0 Å². The van der Waals surface area contributed by atoms with E-state index in [1.807, 2.05) is 0 Å². The Kier molecular flexibility index (Phi) is 5.84. The maximum Gasteiger partial charge on any atom is 0.534 e. The topological polar surface area (TPSA) is 69.7 Å². The van der Waals surface area contributed by atoms with Crippen LogP contribution in [0, 0.1) is 0 Å². The molecule has 0 fully saturated rings. The number of ether oxygens (including phenoxy) is 1. The largest absolute Gasteiger partial charge is 0.534 e. The van der Waals surface area contributed by atoms with Gasteiger partial charge in [0.1, 0.15) is 5.75 Å². The van der Waals surface area contributed by atoms with E-state index in [4.69, 9.17) is 4.74 Å². The molecule has 0 aliphatic heterocycles. The van der Waals surface area contributed by atoms with Crippen molar-refractivity contribution in [3.8, 4) is 5.75 Å². The molecule has 21 heavy (non-hydrogen) atoms. The Morgan fingerprint density at radius 1 is 1.33 bits per heavy atom. The molecular formula is C11H10F3IO5S. The van der Waals surface area contributed by atoms with Crippen molar-refractivity contribution in [1.29, 1.82) is 0 Å². The number of hydrogen-bond acceptors (Lipinski definition) is 5. The molecule has 0 radical (unpaired) electrons. The van der Waals surface area contributed by atoms with Crippen LogP contribution in [-0.2, 0) is 19.3 Å². The highest BCUT2D eigenvalue weighted by molar-refractivity contribution is 14.1. The number of carbonyl (C=O) groups is 1. The van der Waals surface area contributed by atoms with Crippen LogP contribution in [0.5, 0.6) is 5.75 Å². The van der Waals surface area contributed by atoms with Crippen molar-refractivity contribution in [2.24, 2.45) is 0 Å². The summed E-state index contributed by atoms with van der Waals surface area (Å²) in [4.78, 5) is 11.5. The Labute approximate surface area is 132 Å². The van der Waals surface area contributed by atoms with E-state index in [0.29, 0.717) is 0 Å². The van der Waals surface area contributed by atoms with Gasteiger partial charge in [-0.15, -0.1) is 0 Å². The van der Waals surface area contributed by atoms with Gasteiger partial charge in [0.2, 0.25) is 0 Å². The fraction of sp³-hybridized carbons (Fsp3) is 0.364. The fourth-order valence-corrected chi connectivity index (χ4v) is 2.36. The minimum Gasteiger partial charge on any atom is -0.462 e. The molecule has 0 N–H and O–H groups in total. The molecule has 0 aliphatic rings. The van der Waals surface area contributed by atoms with E-state index in [1.54, 1.807) is 29.5 Å². The number of esters is 1. The summed E-state index contributed by atoms with van der Waals surface area (Å²) in [7, 11) is -5.75. The second-order valence-corrected chi connectivity index (χ2v) is 5.96. The molecule has 5 nitrogen and oxygen atoms in total. The zero-order valence-electron chi connectivity index (χ0n) is 10.6. The van der Waals surface area contributed by atoms with Crippen LogP contribution in [0.2, 0.25) is 0 Å². The third-order valence-corrected chi connectivity index (χ3v) is 3.99. The predicted octanol–water partition coefficient (Wildman–Crippen LogP) is 3.03. The lowest BCUT2D eigenvalue weighted by molar-refractivity contribution is -0.0500. The first kappa shape index (κ1) is 18.0. The van der Waals surface area contributed by atoms with Crippen molar-refractivity contribution in [2.45, 2.75) is 16.9 Å². The fourth-order valence-electron chi connectivity index (χ4n) is 1.27. The van der Waals surface area contributed by atoms with Crippen LogP contribution in [0.15, 0.2) is 18.2 Å². The Bertz CT molecular complexity index is 627. The highest BCUT2D eigenvalue weighted by Gasteiger charge is 2.48. The van der Waals surface area contributed by atoms with Crippen LogP contribution in [-0.4, -0.2) is 26.5 Å². The van der Waals surface area contributed by atoms with E-state index in [9.17, 15) is 26.4 Å². The van der Waals surface area contributed by atoms with Gasteiger partial charge in [-0.1, -0.05) is 22.6 Å². The lowest BCUT2D eigenvalue weighted by Crippen LogP contribution is -2.28. The van der Waals surface area contributed by atoms with Crippen molar-refractivity contribution in [3.05, 3.63) is 29.3 Å². The molecule has 0 amide bonds. The van der Waals surface area contributed by atoms with Gasteiger partial charge >= 0.3 is 21.6 Å². The molecule has 0 unspecified atom stereocenters. The van der Waals surface area contributed by atoms with Gasteiger partial charge in [0, 0.05) is 9.99 Å². The van der Waals surface area contributed by atoms with Gasteiger partial charge in [0.25, 0.3) is 0 Å². The van der Waals surface area contributed by atoms with Gasteiger partial charge in [-0.25, -0.2) is 4.79 Å². The maximum atomic E-state index is 12.3. The summed E-state index contributed by atoms with van der Waals surface area (Å²) in [5.74, 6) is -1.14. The number of carbonyl (C=O) groups excluding carboxylic acids is 1. The molecule has 1 aromatic carbocycles. The average Bonchev–Trinajstić information content (AvgIpc) is 2.37. The Balaban J connectivity index is 3.14. The van der Waals surface area contributed by atoms with Gasteiger partial charge in [0.15, 0.2) is 0 Å². The van der Waals surface area contributed by atoms with Crippen molar-refractivity contribution in [3.63, 3.8) is 0 Å². The van der Waals surface area contributed by atoms with E-state index in [-0.39, 0.29) is 22.2 Å². The minimum atomic E-state index is -5.75. The standard InChI is InChI=1S/C11H10F3IO5S/c1-2-19-10(16)7-3-4-9(8(5-7)6-15)20-21(17,18)11(12,13)14/h3-5H,2,6H2,1H3. The third-order valence-electron chi connectivity index (χ3n) is 2.20. The van der Waals surface area contributed by atoms with E-state index in [1.165, 1.54) is 6.07 Å². The smallest absolute Gasteiger partial charge is 0.462 e. The molecule has 10 heteroatoms. The van der Waals surface area contributed by atoms with Crippen LogP contribution in [0.3, 0.4) is 0 Å². The summed E-state index contributed by atoms with van der Waals surface area (Å²) in [5, 5.41) is 0. The first-order valence-corrected chi connectivity index (χ1v) is 8.42. The summed E-state index contributed by atoms with van der Waals surface area (Å²) in [6.45, 7) is 1.74. The third kappa shape index (κ3) is 4.46. The lowest BCUT2D eigenvalue weighted by atomic mass is 10.1. The molecule has 0 bridgehead atoms. The van der Waals surface area contributed by atoms with Crippen LogP contribution >= 0.6 is 22.6 Å². The zero-order valence-corrected chi connectivity index (χ0v) is 13.6. The van der Waals surface area contributed by atoms with Gasteiger partial charge < -0.3 is 8.92 Å². The highest BCUT2D eigenvalue weighted by atomic mass is 127. The van der Waals surface area contributed by atoms with Crippen molar-refractivity contribution < 1.29 is 35.3 Å². The molecule has 0 atom stereocenters. The molecule has 0 spiro atoms. The monoisotopic (exact) mass is 438 g/mol. The van der Waals surface area contributed by atoms with Crippen LogP contribution in [0.25, 0.3) is 0 Å². The molecule has 118 valence electrons. The van der Waals surface area contributed by atoms with E-state index < -0.39 is 27.3 Å². The molecule has 1 aromatic rings. The first-order valence-electron chi connectivity index (χ1n) is 5.49. The Hall–Kier alpha value is -1.04.